The number of benzene rings is 1. The molecular weight excluding hydrogens is 266 g/mol. The Labute approximate surface area is 126 Å². The van der Waals surface area contributed by atoms with Crippen LogP contribution in [0.3, 0.4) is 0 Å². The molecule has 0 aliphatic heterocycles. The van der Waals surface area contributed by atoms with Crippen molar-refractivity contribution in [2.45, 2.75) is 37.8 Å². The van der Waals surface area contributed by atoms with Crippen LogP contribution in [0.2, 0.25) is 0 Å². The second kappa shape index (κ2) is 7.43. The second-order valence-electron chi connectivity index (χ2n) is 5.61. The molecule has 0 bridgehead atoms. The van der Waals surface area contributed by atoms with Gasteiger partial charge in [0.15, 0.2) is 0 Å². The normalized spacial score (nSPS) is 17.1. The van der Waals surface area contributed by atoms with Gasteiger partial charge in [0.25, 0.3) is 0 Å². The lowest BCUT2D eigenvalue weighted by Crippen LogP contribution is -2.44. The van der Waals surface area contributed by atoms with Crippen LogP contribution in [-0.2, 0) is 4.79 Å². The smallest absolute Gasteiger partial charge is 0.231 e. The third-order valence-corrected chi connectivity index (χ3v) is 4.23. The quantitative estimate of drug-likeness (QED) is 0.796. The van der Waals surface area contributed by atoms with Gasteiger partial charge in [-0.1, -0.05) is 25.0 Å². The number of methoxy groups -OCH3 is 1. The van der Waals surface area contributed by atoms with E-state index in [1.54, 1.807) is 7.11 Å². The number of carbonyl (C=O) groups is 1. The largest absolute Gasteiger partial charge is 0.497 e. The highest BCUT2D eigenvalue weighted by molar-refractivity contribution is 5.76. The first-order valence-electron chi connectivity index (χ1n) is 7.53. The molecule has 1 aliphatic rings. The van der Waals surface area contributed by atoms with Crippen LogP contribution in [0.1, 0.15) is 37.3 Å². The zero-order valence-corrected chi connectivity index (χ0v) is 12.6. The van der Waals surface area contributed by atoms with Crippen molar-refractivity contribution in [1.82, 2.24) is 4.90 Å². The van der Waals surface area contributed by atoms with E-state index < -0.39 is 0 Å². The number of hydrogen-bond donors (Lipinski definition) is 2. The number of amides is 1. The molecule has 1 saturated carbocycles. The van der Waals surface area contributed by atoms with Gasteiger partial charge in [0.05, 0.1) is 13.7 Å². The van der Waals surface area contributed by atoms with Crippen LogP contribution in [0.4, 0.5) is 0 Å². The number of primary amides is 1. The maximum atomic E-state index is 11.5. The van der Waals surface area contributed by atoms with Gasteiger partial charge in [-0.15, -0.1) is 0 Å². The maximum absolute atomic E-state index is 11.5. The second-order valence-corrected chi connectivity index (χ2v) is 5.61. The van der Waals surface area contributed by atoms with Gasteiger partial charge < -0.3 is 16.2 Å². The Hall–Kier alpha value is -1.59. The van der Waals surface area contributed by atoms with Crippen LogP contribution in [0.15, 0.2) is 24.3 Å². The Morgan fingerprint density at radius 1 is 1.43 bits per heavy atom. The predicted molar refractivity (Wildman–Crippen MR) is 82.9 cm³/mol. The van der Waals surface area contributed by atoms with Gasteiger partial charge in [-0.2, -0.15) is 0 Å². The van der Waals surface area contributed by atoms with E-state index in [1.165, 1.54) is 12.8 Å². The van der Waals surface area contributed by atoms with Crippen molar-refractivity contribution in [3.63, 3.8) is 0 Å². The van der Waals surface area contributed by atoms with Gasteiger partial charge in [0.1, 0.15) is 5.75 Å². The van der Waals surface area contributed by atoms with Crippen molar-refractivity contribution in [2.24, 2.45) is 11.5 Å². The Balaban J connectivity index is 2.26. The lowest BCUT2D eigenvalue weighted by Gasteiger charge is -2.35. The van der Waals surface area contributed by atoms with Crippen molar-refractivity contribution in [1.29, 1.82) is 0 Å². The summed E-state index contributed by atoms with van der Waals surface area (Å²) in [5.41, 5.74) is 12.5. The Morgan fingerprint density at radius 2 is 2.14 bits per heavy atom. The first-order valence-corrected chi connectivity index (χ1v) is 7.53. The first kappa shape index (κ1) is 15.8. The molecule has 0 aromatic heterocycles. The summed E-state index contributed by atoms with van der Waals surface area (Å²) in [7, 11) is 1.65. The molecule has 0 heterocycles. The molecule has 1 amide bonds. The van der Waals surface area contributed by atoms with E-state index in [-0.39, 0.29) is 18.5 Å². The van der Waals surface area contributed by atoms with E-state index in [0.717, 1.165) is 24.2 Å². The van der Waals surface area contributed by atoms with E-state index in [9.17, 15) is 4.79 Å². The average Bonchev–Trinajstić information content (AvgIpc) is 3.01. The van der Waals surface area contributed by atoms with E-state index >= 15 is 0 Å². The molecule has 116 valence electrons. The Kier molecular flexibility index (Phi) is 5.59. The summed E-state index contributed by atoms with van der Waals surface area (Å²) in [5.74, 6) is 0.500. The van der Waals surface area contributed by atoms with Crippen LogP contribution in [-0.4, -0.2) is 37.0 Å². The highest BCUT2D eigenvalue weighted by Gasteiger charge is 2.30. The van der Waals surface area contributed by atoms with Gasteiger partial charge in [0, 0.05) is 18.6 Å². The summed E-state index contributed by atoms with van der Waals surface area (Å²) < 4.78 is 5.28. The van der Waals surface area contributed by atoms with Crippen LogP contribution >= 0.6 is 0 Å². The number of nitrogens with zero attached hydrogens (tertiary/aromatic N) is 1. The number of carbonyl (C=O) groups excluding carboxylic acids is 1. The van der Waals surface area contributed by atoms with Crippen molar-refractivity contribution < 1.29 is 9.53 Å². The summed E-state index contributed by atoms with van der Waals surface area (Å²) in [6, 6.07) is 8.26. The van der Waals surface area contributed by atoms with Gasteiger partial charge in [-0.25, -0.2) is 0 Å². The van der Waals surface area contributed by atoms with Gasteiger partial charge in [-0.05, 0) is 30.5 Å². The molecule has 0 spiro atoms. The van der Waals surface area contributed by atoms with E-state index in [2.05, 4.69) is 4.90 Å². The minimum atomic E-state index is -0.303. The Morgan fingerprint density at radius 3 is 2.71 bits per heavy atom. The number of ether oxygens (including phenoxy) is 1. The molecule has 1 atom stereocenters. The molecule has 5 nitrogen and oxygen atoms in total. The molecule has 1 fully saturated rings. The number of nitrogens with two attached hydrogens (primary N) is 2. The van der Waals surface area contributed by atoms with Crippen molar-refractivity contribution >= 4 is 5.91 Å². The lowest BCUT2D eigenvalue weighted by atomic mass is 10.0. The fourth-order valence-electron chi connectivity index (χ4n) is 3.22. The zero-order chi connectivity index (χ0) is 15.2. The van der Waals surface area contributed by atoms with Gasteiger partial charge in [-0.3, -0.25) is 9.69 Å². The number of hydrogen-bond acceptors (Lipinski definition) is 4. The highest BCUT2D eigenvalue weighted by Crippen LogP contribution is 2.31. The molecule has 4 N–H and O–H groups in total. The third kappa shape index (κ3) is 3.95. The molecule has 1 aromatic carbocycles. The van der Waals surface area contributed by atoms with Crippen LogP contribution in [0.5, 0.6) is 5.75 Å². The van der Waals surface area contributed by atoms with Gasteiger partial charge in [0.2, 0.25) is 5.91 Å². The minimum Gasteiger partial charge on any atom is -0.497 e. The van der Waals surface area contributed by atoms with Crippen molar-refractivity contribution in [3.8, 4) is 5.75 Å². The summed E-state index contributed by atoms with van der Waals surface area (Å²) in [5, 5.41) is 0. The first-order chi connectivity index (χ1) is 10.2. The molecule has 2 rings (SSSR count). The molecule has 1 unspecified atom stereocenters. The molecule has 0 saturated heterocycles. The topological polar surface area (TPSA) is 81.6 Å². The van der Waals surface area contributed by atoms with Gasteiger partial charge >= 0.3 is 0 Å². The van der Waals surface area contributed by atoms with Crippen LogP contribution < -0.4 is 16.2 Å². The molecule has 0 radical (unpaired) electrons. The molecule has 1 aromatic rings. The fourth-order valence-corrected chi connectivity index (χ4v) is 3.22. The van der Waals surface area contributed by atoms with Crippen LogP contribution in [0, 0.1) is 0 Å². The summed E-state index contributed by atoms with van der Waals surface area (Å²) in [4.78, 5) is 13.6. The fraction of sp³-hybridized carbons (Fsp3) is 0.562. The van der Waals surface area contributed by atoms with E-state index in [4.69, 9.17) is 16.2 Å². The van der Waals surface area contributed by atoms with E-state index in [0.29, 0.717) is 12.6 Å². The number of rotatable bonds is 7. The standard InChI is InChI=1S/C16H25N3O2/c1-21-14-8-4-5-12(9-14)15(10-17)19(11-16(18)20)13-6-2-3-7-13/h4-5,8-9,13,15H,2-3,6-7,10-11,17H2,1H3,(H2,18,20). The molecule has 1 aliphatic carbocycles. The van der Waals surface area contributed by atoms with E-state index in [1.807, 2.05) is 24.3 Å². The molecule has 21 heavy (non-hydrogen) atoms. The lowest BCUT2D eigenvalue weighted by molar-refractivity contribution is -0.120. The highest BCUT2D eigenvalue weighted by atomic mass is 16.5. The predicted octanol–water partition coefficient (Wildman–Crippen LogP) is 1.42. The third-order valence-electron chi connectivity index (χ3n) is 4.23. The van der Waals surface area contributed by atoms with Crippen LogP contribution in [0.25, 0.3) is 0 Å². The summed E-state index contributed by atoms with van der Waals surface area (Å²) in [6.45, 7) is 0.709. The molecule has 5 heteroatoms. The zero-order valence-electron chi connectivity index (χ0n) is 12.6. The Bertz CT molecular complexity index is 472. The maximum Gasteiger partial charge on any atom is 0.231 e. The average molecular weight is 291 g/mol. The summed E-state index contributed by atoms with van der Waals surface area (Å²) >= 11 is 0. The monoisotopic (exact) mass is 291 g/mol. The summed E-state index contributed by atoms with van der Waals surface area (Å²) in [6.07, 6.45) is 4.62. The molecular formula is C16H25N3O2. The van der Waals surface area contributed by atoms with Crippen molar-refractivity contribution in [3.05, 3.63) is 29.8 Å². The SMILES string of the molecule is COc1cccc(C(CN)N(CC(N)=O)C2CCCC2)c1. The minimum absolute atomic E-state index is 0.00398. The van der Waals surface area contributed by atoms with Crippen molar-refractivity contribution in [2.75, 3.05) is 20.2 Å².